The molecule has 0 spiro atoms. The Labute approximate surface area is 112 Å². The zero-order chi connectivity index (χ0) is 12.7. The Morgan fingerprint density at radius 2 is 2.17 bits per heavy atom. The van der Waals surface area contributed by atoms with E-state index in [1.165, 1.54) is 4.57 Å². The number of halogens is 1. The first-order valence-electron chi connectivity index (χ1n) is 5.42. The van der Waals surface area contributed by atoms with Crippen molar-refractivity contribution in [2.45, 2.75) is 5.38 Å². The van der Waals surface area contributed by atoms with Gasteiger partial charge in [0.2, 0.25) is 0 Å². The first kappa shape index (κ1) is 11.6. The molecule has 0 fully saturated rings. The zero-order valence-electron chi connectivity index (χ0n) is 9.59. The highest BCUT2D eigenvalue weighted by molar-refractivity contribution is 7.08. The van der Waals surface area contributed by atoms with Crippen molar-refractivity contribution in [2.75, 3.05) is 0 Å². The molecule has 0 amide bonds. The van der Waals surface area contributed by atoms with E-state index >= 15 is 0 Å². The molecule has 0 aliphatic rings. The molecule has 1 aromatic carbocycles. The van der Waals surface area contributed by atoms with E-state index < -0.39 is 0 Å². The number of thiophene rings is 1. The van der Waals surface area contributed by atoms with Crippen LogP contribution in [0, 0.1) is 0 Å². The van der Waals surface area contributed by atoms with Gasteiger partial charge in [-0.25, -0.2) is 4.79 Å². The molecule has 0 aliphatic carbocycles. The number of alkyl halides is 1. The summed E-state index contributed by atoms with van der Waals surface area (Å²) in [5.41, 5.74) is 3.33. The summed E-state index contributed by atoms with van der Waals surface area (Å²) in [6, 6.07) is 7.60. The molecule has 5 heteroatoms. The first-order valence-corrected chi connectivity index (χ1v) is 6.80. The largest absolute Gasteiger partial charge is 0.419 e. The summed E-state index contributed by atoms with van der Waals surface area (Å²) in [4.78, 5) is 11.4. The number of nitrogens with zero attached hydrogens (tertiary/aromatic N) is 1. The molecule has 92 valence electrons. The second-order valence-electron chi connectivity index (χ2n) is 4.07. The van der Waals surface area contributed by atoms with Gasteiger partial charge in [-0.2, -0.15) is 11.3 Å². The molecular weight excluding hydrogens is 270 g/mol. The van der Waals surface area contributed by atoms with Gasteiger partial charge in [0.1, 0.15) is 0 Å². The highest BCUT2D eigenvalue weighted by atomic mass is 35.5. The average Bonchev–Trinajstić information content (AvgIpc) is 2.98. The summed E-state index contributed by atoms with van der Waals surface area (Å²) < 4.78 is 6.64. The maximum atomic E-state index is 11.4. The van der Waals surface area contributed by atoms with Crippen LogP contribution in [0.5, 0.6) is 0 Å². The van der Waals surface area contributed by atoms with Gasteiger partial charge in [-0.05, 0) is 40.1 Å². The van der Waals surface area contributed by atoms with Crippen LogP contribution in [0.4, 0.5) is 0 Å². The van der Waals surface area contributed by atoms with Crippen molar-refractivity contribution >= 4 is 34.0 Å². The summed E-state index contributed by atoms with van der Waals surface area (Å²) in [5.74, 6) is -0.358. The quantitative estimate of drug-likeness (QED) is 0.673. The number of hydrogen-bond acceptors (Lipinski definition) is 3. The molecule has 1 atom stereocenters. The molecular formula is C13H10ClNO2S. The van der Waals surface area contributed by atoms with Crippen molar-refractivity contribution in [1.29, 1.82) is 0 Å². The Balaban J connectivity index is 2.11. The Morgan fingerprint density at radius 3 is 2.89 bits per heavy atom. The molecule has 1 unspecified atom stereocenters. The Hall–Kier alpha value is -1.52. The number of benzene rings is 1. The van der Waals surface area contributed by atoms with Gasteiger partial charge in [0.15, 0.2) is 5.58 Å². The van der Waals surface area contributed by atoms with E-state index in [4.69, 9.17) is 16.0 Å². The van der Waals surface area contributed by atoms with Crippen molar-refractivity contribution in [1.82, 2.24) is 4.57 Å². The van der Waals surface area contributed by atoms with Crippen molar-refractivity contribution in [3.8, 4) is 0 Å². The normalized spacial score (nSPS) is 13.0. The Morgan fingerprint density at radius 1 is 1.33 bits per heavy atom. The fourth-order valence-corrected chi connectivity index (χ4v) is 2.95. The van der Waals surface area contributed by atoms with Crippen LogP contribution in [0.1, 0.15) is 16.5 Å². The third-order valence-corrected chi connectivity index (χ3v) is 4.15. The lowest BCUT2D eigenvalue weighted by Gasteiger charge is -2.07. The molecule has 3 nitrogen and oxygen atoms in total. The molecule has 0 radical (unpaired) electrons. The van der Waals surface area contributed by atoms with Gasteiger partial charge in [-0.3, -0.25) is 4.57 Å². The van der Waals surface area contributed by atoms with Gasteiger partial charge in [0.05, 0.1) is 10.9 Å². The van der Waals surface area contributed by atoms with Crippen LogP contribution in [-0.4, -0.2) is 4.57 Å². The van der Waals surface area contributed by atoms with Crippen LogP contribution in [0.3, 0.4) is 0 Å². The predicted octanol–water partition coefficient (Wildman–Crippen LogP) is 3.52. The second-order valence-corrected chi connectivity index (χ2v) is 5.29. The van der Waals surface area contributed by atoms with E-state index in [0.717, 1.165) is 16.6 Å². The molecule has 3 aromatic rings. The fraction of sp³-hybridized carbons (Fsp3) is 0.154. The molecule has 0 aliphatic heterocycles. The van der Waals surface area contributed by atoms with E-state index in [9.17, 15) is 4.79 Å². The monoisotopic (exact) mass is 279 g/mol. The zero-order valence-corrected chi connectivity index (χ0v) is 11.2. The minimum absolute atomic E-state index is 0.217. The summed E-state index contributed by atoms with van der Waals surface area (Å²) in [5, 5.41) is 3.79. The van der Waals surface area contributed by atoms with Gasteiger partial charge in [-0.1, -0.05) is 6.07 Å². The number of hydrogen-bond donors (Lipinski definition) is 0. The minimum atomic E-state index is -0.358. The molecule has 18 heavy (non-hydrogen) atoms. The predicted molar refractivity (Wildman–Crippen MR) is 73.5 cm³/mol. The standard InChI is InChI=1S/C13H10ClNO2S/c1-15-10-3-2-8(6-11(10)17-13(15)16)12(14)9-4-5-18-7-9/h2-7,12H,1H3. The maximum absolute atomic E-state index is 11.4. The number of fused-ring (bicyclic) bond motifs is 1. The second kappa shape index (κ2) is 4.30. The Kier molecular flexibility index (Phi) is 2.76. The van der Waals surface area contributed by atoms with Crippen LogP contribution in [0.15, 0.2) is 44.2 Å². The van der Waals surface area contributed by atoms with Gasteiger partial charge in [-0.15, -0.1) is 11.6 Å². The van der Waals surface area contributed by atoms with E-state index in [-0.39, 0.29) is 11.1 Å². The third kappa shape index (κ3) is 1.78. The summed E-state index contributed by atoms with van der Waals surface area (Å²) >= 11 is 8.01. The van der Waals surface area contributed by atoms with Crippen LogP contribution in [0.2, 0.25) is 0 Å². The highest BCUT2D eigenvalue weighted by Crippen LogP contribution is 2.31. The lowest BCUT2D eigenvalue weighted by molar-refractivity contribution is 0.528. The minimum Gasteiger partial charge on any atom is -0.408 e. The molecule has 0 saturated carbocycles. The van der Waals surface area contributed by atoms with Crippen molar-refractivity contribution in [3.63, 3.8) is 0 Å². The van der Waals surface area contributed by atoms with Gasteiger partial charge < -0.3 is 4.42 Å². The maximum Gasteiger partial charge on any atom is 0.419 e. The topological polar surface area (TPSA) is 35.1 Å². The molecule has 0 bridgehead atoms. The average molecular weight is 280 g/mol. The smallest absolute Gasteiger partial charge is 0.408 e. The summed E-state index contributed by atoms with van der Waals surface area (Å²) in [6.07, 6.45) is 0. The van der Waals surface area contributed by atoms with Gasteiger partial charge in [0.25, 0.3) is 0 Å². The molecule has 2 aromatic heterocycles. The van der Waals surface area contributed by atoms with E-state index in [1.54, 1.807) is 18.4 Å². The number of oxazole rings is 1. The highest BCUT2D eigenvalue weighted by Gasteiger charge is 2.14. The number of aryl methyl sites for hydroxylation is 1. The lowest BCUT2D eigenvalue weighted by atomic mass is 10.1. The van der Waals surface area contributed by atoms with Gasteiger partial charge >= 0.3 is 5.76 Å². The first-order chi connectivity index (χ1) is 8.66. The summed E-state index contributed by atoms with van der Waals surface area (Å²) in [6.45, 7) is 0. The van der Waals surface area contributed by atoms with E-state index in [2.05, 4.69) is 0 Å². The van der Waals surface area contributed by atoms with Crippen molar-refractivity contribution in [3.05, 3.63) is 56.7 Å². The van der Waals surface area contributed by atoms with Crippen molar-refractivity contribution < 1.29 is 4.42 Å². The molecule has 2 heterocycles. The number of aromatic nitrogens is 1. The van der Waals surface area contributed by atoms with Crippen LogP contribution >= 0.6 is 22.9 Å². The van der Waals surface area contributed by atoms with Crippen LogP contribution in [0.25, 0.3) is 11.1 Å². The van der Waals surface area contributed by atoms with Crippen molar-refractivity contribution in [2.24, 2.45) is 7.05 Å². The fourth-order valence-electron chi connectivity index (χ4n) is 1.92. The van der Waals surface area contributed by atoms with E-state index in [1.807, 2.05) is 35.0 Å². The van der Waals surface area contributed by atoms with Crippen LogP contribution < -0.4 is 5.76 Å². The van der Waals surface area contributed by atoms with Crippen LogP contribution in [-0.2, 0) is 7.05 Å². The summed E-state index contributed by atoms with van der Waals surface area (Å²) in [7, 11) is 1.69. The SMILES string of the molecule is Cn1c(=O)oc2cc(C(Cl)c3ccsc3)ccc21. The molecule has 3 rings (SSSR count). The molecule has 0 N–H and O–H groups in total. The molecule has 0 saturated heterocycles. The lowest BCUT2D eigenvalue weighted by Crippen LogP contribution is -2.08. The van der Waals surface area contributed by atoms with E-state index in [0.29, 0.717) is 5.58 Å². The van der Waals surface area contributed by atoms with Gasteiger partial charge in [0, 0.05) is 7.05 Å². The number of rotatable bonds is 2. The third-order valence-electron chi connectivity index (χ3n) is 2.94. The Bertz CT molecular complexity index is 742.